The van der Waals surface area contributed by atoms with Crippen LogP contribution in [-0.4, -0.2) is 45.5 Å². The fraction of sp³-hybridized carbons (Fsp3) is 0.800. The molecule has 1 rings (SSSR count). The Hall–Kier alpha value is -1.63. The zero-order chi connectivity index (χ0) is 16.4. The second-order valence-electron chi connectivity index (χ2n) is 5.47. The Kier molecular flexibility index (Phi) is 8.50. The van der Waals surface area contributed by atoms with E-state index in [1.807, 2.05) is 25.5 Å². The van der Waals surface area contributed by atoms with Crippen molar-refractivity contribution in [3.05, 3.63) is 11.6 Å². The van der Waals surface area contributed by atoms with Gasteiger partial charge in [-0.25, -0.2) is 4.99 Å². The first-order chi connectivity index (χ1) is 10.6. The lowest BCUT2D eigenvalue weighted by molar-refractivity contribution is 0.251. The van der Waals surface area contributed by atoms with E-state index in [1.54, 1.807) is 0 Å². The van der Waals surface area contributed by atoms with Gasteiger partial charge in [0.15, 0.2) is 11.8 Å². The normalized spacial score (nSPS) is 13.2. The van der Waals surface area contributed by atoms with E-state index in [9.17, 15) is 0 Å². The van der Waals surface area contributed by atoms with Crippen LogP contribution >= 0.6 is 0 Å². The molecule has 0 radical (unpaired) electrons. The third-order valence-corrected chi connectivity index (χ3v) is 3.70. The SMILES string of the molecule is CCCC(CCO)CNC(=NCc1nnc(C)n1C)NCC. The van der Waals surface area contributed by atoms with Crippen LogP contribution in [0, 0.1) is 12.8 Å². The molecule has 7 nitrogen and oxygen atoms in total. The molecule has 0 bridgehead atoms. The van der Waals surface area contributed by atoms with Crippen molar-refractivity contribution in [2.45, 2.75) is 46.6 Å². The van der Waals surface area contributed by atoms with Crippen molar-refractivity contribution in [3.63, 3.8) is 0 Å². The first kappa shape index (κ1) is 18.4. The molecule has 0 aliphatic heterocycles. The van der Waals surface area contributed by atoms with E-state index in [0.29, 0.717) is 12.5 Å². The van der Waals surface area contributed by atoms with Crippen LogP contribution in [0.1, 0.15) is 44.8 Å². The second kappa shape index (κ2) is 10.2. The number of guanidine groups is 1. The molecule has 1 aromatic heterocycles. The fourth-order valence-electron chi connectivity index (χ4n) is 2.26. The lowest BCUT2D eigenvalue weighted by atomic mass is 10.0. The van der Waals surface area contributed by atoms with Crippen molar-refractivity contribution in [1.82, 2.24) is 25.4 Å². The van der Waals surface area contributed by atoms with E-state index in [4.69, 9.17) is 5.11 Å². The van der Waals surface area contributed by atoms with E-state index in [2.05, 4.69) is 32.7 Å². The predicted molar refractivity (Wildman–Crippen MR) is 88.7 cm³/mol. The first-order valence-corrected chi connectivity index (χ1v) is 8.10. The summed E-state index contributed by atoms with van der Waals surface area (Å²) in [5.41, 5.74) is 0. The van der Waals surface area contributed by atoms with Gasteiger partial charge in [-0.2, -0.15) is 0 Å². The van der Waals surface area contributed by atoms with Crippen LogP contribution in [0.5, 0.6) is 0 Å². The highest BCUT2D eigenvalue weighted by atomic mass is 16.3. The summed E-state index contributed by atoms with van der Waals surface area (Å²) in [5.74, 6) is 2.97. The van der Waals surface area contributed by atoms with Gasteiger partial charge in [-0.3, -0.25) is 0 Å². The second-order valence-corrected chi connectivity index (χ2v) is 5.47. The molecule has 0 fully saturated rings. The largest absolute Gasteiger partial charge is 0.396 e. The van der Waals surface area contributed by atoms with Gasteiger partial charge in [-0.05, 0) is 32.6 Å². The molecule has 3 N–H and O–H groups in total. The Bertz CT molecular complexity index is 451. The maximum absolute atomic E-state index is 9.13. The summed E-state index contributed by atoms with van der Waals surface area (Å²) in [5, 5.41) is 23.9. The number of nitrogens with zero attached hydrogens (tertiary/aromatic N) is 4. The number of aliphatic hydroxyl groups is 1. The quantitative estimate of drug-likeness (QED) is 0.467. The molecular formula is C15H30N6O. The van der Waals surface area contributed by atoms with Crippen LogP contribution in [-0.2, 0) is 13.6 Å². The lowest BCUT2D eigenvalue weighted by Crippen LogP contribution is -2.40. The Morgan fingerprint density at radius 2 is 2.05 bits per heavy atom. The molecule has 1 unspecified atom stereocenters. The number of nitrogens with one attached hydrogen (secondary N) is 2. The zero-order valence-electron chi connectivity index (χ0n) is 14.3. The van der Waals surface area contributed by atoms with Crippen LogP contribution < -0.4 is 10.6 Å². The van der Waals surface area contributed by atoms with Gasteiger partial charge in [0.25, 0.3) is 0 Å². The fourth-order valence-corrected chi connectivity index (χ4v) is 2.26. The zero-order valence-corrected chi connectivity index (χ0v) is 14.3. The monoisotopic (exact) mass is 310 g/mol. The van der Waals surface area contributed by atoms with Crippen LogP contribution in [0.2, 0.25) is 0 Å². The van der Waals surface area contributed by atoms with E-state index in [0.717, 1.165) is 50.0 Å². The van der Waals surface area contributed by atoms with Crippen LogP contribution in [0.15, 0.2) is 4.99 Å². The van der Waals surface area contributed by atoms with E-state index in [-0.39, 0.29) is 6.61 Å². The van der Waals surface area contributed by atoms with Crippen molar-refractivity contribution < 1.29 is 5.11 Å². The Labute approximate surface area is 133 Å². The summed E-state index contributed by atoms with van der Waals surface area (Å²) in [6.07, 6.45) is 3.05. The summed E-state index contributed by atoms with van der Waals surface area (Å²) in [6.45, 7) is 8.48. The summed E-state index contributed by atoms with van der Waals surface area (Å²) in [4.78, 5) is 4.56. The minimum atomic E-state index is 0.234. The third kappa shape index (κ3) is 6.01. The number of aromatic nitrogens is 3. The minimum Gasteiger partial charge on any atom is -0.396 e. The molecule has 22 heavy (non-hydrogen) atoms. The molecule has 1 atom stereocenters. The molecule has 0 amide bonds. The predicted octanol–water partition coefficient (Wildman–Crippen LogP) is 0.977. The van der Waals surface area contributed by atoms with Crippen molar-refractivity contribution in [2.75, 3.05) is 19.7 Å². The average Bonchev–Trinajstić information content (AvgIpc) is 2.82. The average molecular weight is 310 g/mol. The number of aliphatic imine (C=N–C) groups is 1. The number of aryl methyl sites for hydroxylation is 1. The van der Waals surface area contributed by atoms with Crippen molar-refractivity contribution in [2.24, 2.45) is 18.0 Å². The maximum Gasteiger partial charge on any atom is 0.191 e. The van der Waals surface area contributed by atoms with E-state index >= 15 is 0 Å². The summed E-state index contributed by atoms with van der Waals surface area (Å²) in [6, 6.07) is 0. The minimum absolute atomic E-state index is 0.234. The van der Waals surface area contributed by atoms with E-state index in [1.165, 1.54) is 0 Å². The first-order valence-electron chi connectivity index (χ1n) is 8.10. The van der Waals surface area contributed by atoms with Crippen LogP contribution in [0.25, 0.3) is 0 Å². The summed E-state index contributed by atoms with van der Waals surface area (Å²) < 4.78 is 1.94. The summed E-state index contributed by atoms with van der Waals surface area (Å²) >= 11 is 0. The standard InChI is InChI=1S/C15H30N6O/c1-5-7-13(8-9-22)10-17-15(16-6-2)18-11-14-20-19-12(3)21(14)4/h13,22H,5-11H2,1-4H3,(H2,16,17,18). The number of hydrogen-bond acceptors (Lipinski definition) is 4. The molecule has 0 aliphatic carbocycles. The molecular weight excluding hydrogens is 280 g/mol. The molecule has 1 aromatic rings. The molecule has 0 saturated carbocycles. The molecule has 7 heteroatoms. The van der Waals surface area contributed by atoms with E-state index < -0.39 is 0 Å². The molecule has 1 heterocycles. The number of aliphatic hydroxyl groups excluding tert-OH is 1. The van der Waals surface area contributed by atoms with Crippen molar-refractivity contribution >= 4 is 5.96 Å². The number of hydrogen-bond donors (Lipinski definition) is 3. The van der Waals surface area contributed by atoms with Gasteiger partial charge in [0.05, 0.1) is 0 Å². The van der Waals surface area contributed by atoms with Gasteiger partial charge in [-0.15, -0.1) is 10.2 Å². The highest BCUT2D eigenvalue weighted by Gasteiger charge is 2.09. The maximum atomic E-state index is 9.13. The molecule has 0 spiro atoms. The summed E-state index contributed by atoms with van der Waals surface area (Å²) in [7, 11) is 1.94. The van der Waals surface area contributed by atoms with Crippen molar-refractivity contribution in [1.29, 1.82) is 0 Å². The van der Waals surface area contributed by atoms with Gasteiger partial charge < -0.3 is 20.3 Å². The topological polar surface area (TPSA) is 87.4 Å². The molecule has 0 aromatic carbocycles. The van der Waals surface area contributed by atoms with Gasteiger partial charge in [-0.1, -0.05) is 13.3 Å². The lowest BCUT2D eigenvalue weighted by Gasteiger charge is -2.18. The molecule has 126 valence electrons. The molecule has 0 aliphatic rings. The number of rotatable bonds is 9. The van der Waals surface area contributed by atoms with Gasteiger partial charge in [0.2, 0.25) is 0 Å². The smallest absolute Gasteiger partial charge is 0.191 e. The van der Waals surface area contributed by atoms with Crippen LogP contribution in [0.3, 0.4) is 0 Å². The van der Waals surface area contributed by atoms with Gasteiger partial charge in [0.1, 0.15) is 12.4 Å². The Morgan fingerprint density at radius 3 is 2.59 bits per heavy atom. The Morgan fingerprint density at radius 1 is 1.27 bits per heavy atom. The highest BCUT2D eigenvalue weighted by Crippen LogP contribution is 2.09. The Balaban J connectivity index is 2.59. The third-order valence-electron chi connectivity index (χ3n) is 3.70. The van der Waals surface area contributed by atoms with Crippen LogP contribution in [0.4, 0.5) is 0 Å². The molecule has 0 saturated heterocycles. The van der Waals surface area contributed by atoms with Gasteiger partial charge >= 0.3 is 0 Å². The van der Waals surface area contributed by atoms with Crippen molar-refractivity contribution in [3.8, 4) is 0 Å². The highest BCUT2D eigenvalue weighted by molar-refractivity contribution is 5.79. The van der Waals surface area contributed by atoms with Gasteiger partial charge in [0, 0.05) is 26.7 Å².